The number of hydrogen-bond acceptors (Lipinski definition) is 1. The SMILES string of the molecule is C[CH]SC/C=C(\CC)C(F)(F)C(F)(F)C(F)(F)F. The van der Waals surface area contributed by atoms with Gasteiger partial charge in [-0.1, -0.05) is 19.9 Å². The molecule has 18 heavy (non-hydrogen) atoms. The van der Waals surface area contributed by atoms with E-state index in [1.807, 2.05) is 0 Å². The molecule has 0 aromatic heterocycles. The molecule has 0 aromatic carbocycles. The molecule has 0 atom stereocenters. The highest BCUT2D eigenvalue weighted by Crippen LogP contribution is 2.50. The maximum Gasteiger partial charge on any atom is 0.460 e. The summed E-state index contributed by atoms with van der Waals surface area (Å²) < 4.78 is 87.7. The van der Waals surface area contributed by atoms with E-state index in [1.165, 1.54) is 5.75 Å². The highest BCUT2D eigenvalue weighted by atomic mass is 32.2. The standard InChI is InChI=1S/C10H12F7S/c1-3-7(5-6-18-4-2)8(11,12)9(13,14)10(15,16)17/h4-5H,3,6H2,1-2H3/b7-5+. The van der Waals surface area contributed by atoms with Crippen molar-refractivity contribution in [2.45, 2.75) is 38.3 Å². The fourth-order valence-corrected chi connectivity index (χ4v) is 1.61. The van der Waals surface area contributed by atoms with Crippen molar-refractivity contribution in [1.82, 2.24) is 0 Å². The van der Waals surface area contributed by atoms with Crippen LogP contribution < -0.4 is 0 Å². The van der Waals surface area contributed by atoms with Gasteiger partial charge in [0, 0.05) is 17.1 Å². The molecule has 0 nitrogen and oxygen atoms in total. The molecule has 1 radical (unpaired) electrons. The van der Waals surface area contributed by atoms with Crippen molar-refractivity contribution in [1.29, 1.82) is 0 Å². The van der Waals surface area contributed by atoms with Crippen LogP contribution in [0.5, 0.6) is 0 Å². The molecule has 0 heterocycles. The minimum absolute atomic E-state index is 0.0802. The first-order valence-corrected chi connectivity index (χ1v) is 5.98. The molecule has 0 unspecified atom stereocenters. The second-order valence-corrected chi connectivity index (χ2v) is 4.44. The van der Waals surface area contributed by atoms with Gasteiger partial charge in [-0.05, 0) is 6.42 Å². The largest absolute Gasteiger partial charge is 0.460 e. The molecule has 0 aromatic rings. The van der Waals surface area contributed by atoms with Crippen molar-refractivity contribution in [3.8, 4) is 0 Å². The van der Waals surface area contributed by atoms with E-state index in [0.29, 0.717) is 6.08 Å². The third-order valence-corrected chi connectivity index (χ3v) is 2.82. The zero-order valence-electron chi connectivity index (χ0n) is 9.62. The van der Waals surface area contributed by atoms with Gasteiger partial charge < -0.3 is 0 Å². The summed E-state index contributed by atoms with van der Waals surface area (Å²) in [5.41, 5.74) is -1.21. The number of alkyl halides is 7. The van der Waals surface area contributed by atoms with E-state index < -0.39 is 30.0 Å². The van der Waals surface area contributed by atoms with Crippen LogP contribution in [0.25, 0.3) is 0 Å². The van der Waals surface area contributed by atoms with Gasteiger partial charge in [-0.15, -0.1) is 0 Å². The minimum atomic E-state index is -6.28. The van der Waals surface area contributed by atoms with Crippen molar-refractivity contribution in [2.75, 3.05) is 5.75 Å². The van der Waals surface area contributed by atoms with Gasteiger partial charge in [0.25, 0.3) is 0 Å². The summed E-state index contributed by atoms with van der Waals surface area (Å²) in [4.78, 5) is 0. The molecule has 0 amide bonds. The van der Waals surface area contributed by atoms with Crippen LogP contribution in [0.1, 0.15) is 20.3 Å². The van der Waals surface area contributed by atoms with Crippen molar-refractivity contribution in [2.24, 2.45) is 0 Å². The smallest absolute Gasteiger partial charge is 0.194 e. The van der Waals surface area contributed by atoms with Crippen LogP contribution in [0.3, 0.4) is 0 Å². The Labute approximate surface area is 105 Å². The first-order chi connectivity index (χ1) is 8.02. The second-order valence-electron chi connectivity index (χ2n) is 3.30. The molecule has 0 bridgehead atoms. The minimum Gasteiger partial charge on any atom is -0.194 e. The van der Waals surface area contributed by atoms with E-state index in [-0.39, 0.29) is 5.75 Å². The highest BCUT2D eigenvalue weighted by Gasteiger charge is 2.73. The van der Waals surface area contributed by atoms with Crippen molar-refractivity contribution >= 4 is 11.8 Å². The lowest BCUT2D eigenvalue weighted by Gasteiger charge is -2.29. The lowest BCUT2D eigenvalue weighted by Crippen LogP contribution is -2.52. The molecule has 0 aliphatic carbocycles. The van der Waals surface area contributed by atoms with Gasteiger partial charge in [-0.3, -0.25) is 0 Å². The molecule has 0 saturated heterocycles. The summed E-state index contributed by atoms with van der Waals surface area (Å²) >= 11 is 1.03. The summed E-state index contributed by atoms with van der Waals surface area (Å²) in [5.74, 6) is -9.86. The van der Waals surface area contributed by atoms with Crippen molar-refractivity contribution in [3.63, 3.8) is 0 Å². The fourth-order valence-electron chi connectivity index (χ4n) is 1.12. The van der Waals surface area contributed by atoms with E-state index in [2.05, 4.69) is 0 Å². The van der Waals surface area contributed by atoms with Crippen LogP contribution >= 0.6 is 11.8 Å². The van der Waals surface area contributed by atoms with Gasteiger partial charge in [0.1, 0.15) is 0 Å². The topological polar surface area (TPSA) is 0 Å². The van der Waals surface area contributed by atoms with E-state index in [4.69, 9.17) is 0 Å². The number of halogens is 7. The Morgan fingerprint density at radius 1 is 1.06 bits per heavy atom. The van der Waals surface area contributed by atoms with Crippen LogP contribution in [0.15, 0.2) is 11.6 Å². The van der Waals surface area contributed by atoms with Crippen LogP contribution in [0, 0.1) is 5.75 Å². The molecular weight excluding hydrogens is 285 g/mol. The van der Waals surface area contributed by atoms with E-state index in [1.54, 1.807) is 6.92 Å². The van der Waals surface area contributed by atoms with Crippen LogP contribution in [0.4, 0.5) is 30.7 Å². The fraction of sp³-hybridized carbons (Fsp3) is 0.700. The maximum absolute atomic E-state index is 13.2. The Morgan fingerprint density at radius 2 is 1.56 bits per heavy atom. The van der Waals surface area contributed by atoms with E-state index >= 15 is 0 Å². The summed E-state index contributed by atoms with van der Waals surface area (Å²) in [6.45, 7) is 2.69. The average Bonchev–Trinajstić information content (AvgIpc) is 2.22. The Hall–Kier alpha value is -0.400. The number of hydrogen-bond donors (Lipinski definition) is 0. The Bertz CT molecular complexity index is 293. The molecule has 107 valence electrons. The van der Waals surface area contributed by atoms with E-state index in [0.717, 1.165) is 18.7 Å². The molecule has 8 heteroatoms. The van der Waals surface area contributed by atoms with Crippen LogP contribution in [-0.4, -0.2) is 23.8 Å². The zero-order chi connectivity index (χ0) is 14.6. The quantitative estimate of drug-likeness (QED) is 0.375. The Kier molecular flexibility index (Phi) is 6.03. The number of allylic oxidation sites excluding steroid dienone is 1. The second kappa shape index (κ2) is 6.16. The molecule has 0 aliphatic heterocycles. The molecule has 0 spiro atoms. The lowest BCUT2D eigenvalue weighted by atomic mass is 9.99. The molecule has 0 fully saturated rings. The first-order valence-electron chi connectivity index (χ1n) is 4.93. The average molecular weight is 297 g/mol. The maximum atomic E-state index is 13.2. The third kappa shape index (κ3) is 3.55. The summed E-state index contributed by atoms with van der Waals surface area (Å²) in [7, 11) is 0. The van der Waals surface area contributed by atoms with Gasteiger partial charge in [0.05, 0.1) is 0 Å². The van der Waals surface area contributed by atoms with Crippen LogP contribution in [-0.2, 0) is 0 Å². The third-order valence-electron chi connectivity index (χ3n) is 2.13. The Morgan fingerprint density at radius 3 is 1.89 bits per heavy atom. The van der Waals surface area contributed by atoms with E-state index in [9.17, 15) is 30.7 Å². The summed E-state index contributed by atoms with van der Waals surface area (Å²) in [5, 5.41) is 0. The summed E-state index contributed by atoms with van der Waals surface area (Å²) in [6, 6.07) is 0. The lowest BCUT2D eigenvalue weighted by molar-refractivity contribution is -0.344. The molecule has 0 aliphatic rings. The van der Waals surface area contributed by atoms with Crippen LogP contribution in [0.2, 0.25) is 0 Å². The van der Waals surface area contributed by atoms with Gasteiger partial charge in [0.15, 0.2) is 0 Å². The molecule has 0 rings (SSSR count). The molecule has 0 saturated carbocycles. The van der Waals surface area contributed by atoms with Crippen molar-refractivity contribution in [3.05, 3.63) is 17.4 Å². The zero-order valence-corrected chi connectivity index (χ0v) is 10.4. The van der Waals surface area contributed by atoms with Gasteiger partial charge >= 0.3 is 18.0 Å². The van der Waals surface area contributed by atoms with Crippen molar-refractivity contribution < 1.29 is 30.7 Å². The first kappa shape index (κ1) is 17.6. The molecular formula is C10H12F7S. The normalized spacial score (nSPS) is 15.1. The predicted molar refractivity (Wildman–Crippen MR) is 56.8 cm³/mol. The Balaban J connectivity index is 5.26. The summed E-state index contributed by atoms with van der Waals surface area (Å²) in [6.07, 6.45) is -6.15. The predicted octanol–water partition coefficient (Wildman–Crippen LogP) is 5.07. The van der Waals surface area contributed by atoms with Gasteiger partial charge in [-0.2, -0.15) is 42.5 Å². The highest BCUT2D eigenvalue weighted by molar-refractivity contribution is 8.01. The monoisotopic (exact) mass is 297 g/mol. The molecule has 0 N–H and O–H groups in total. The van der Waals surface area contributed by atoms with Gasteiger partial charge in [0.2, 0.25) is 0 Å². The number of rotatable bonds is 6. The number of thioether (sulfide) groups is 1. The van der Waals surface area contributed by atoms with Gasteiger partial charge in [-0.25, -0.2) is 0 Å².